The van der Waals surface area contributed by atoms with Crippen LogP contribution >= 0.6 is 11.3 Å². The van der Waals surface area contributed by atoms with Crippen molar-refractivity contribution in [2.45, 2.75) is 51.7 Å². The highest BCUT2D eigenvalue weighted by atomic mass is 32.1. The molecule has 1 aromatic heterocycles. The van der Waals surface area contributed by atoms with Crippen LogP contribution < -0.4 is 5.32 Å². The van der Waals surface area contributed by atoms with E-state index >= 15 is 0 Å². The second kappa shape index (κ2) is 8.73. The monoisotopic (exact) mass is 375 g/mol. The summed E-state index contributed by atoms with van der Waals surface area (Å²) in [7, 11) is 0. The normalized spacial score (nSPS) is 19.0. The van der Waals surface area contributed by atoms with Gasteiger partial charge in [-0.15, -0.1) is 11.3 Å². The number of hydrogen-bond acceptors (Lipinski definition) is 4. The maximum Gasteiger partial charge on any atom is 0.237 e. The zero-order valence-corrected chi connectivity index (χ0v) is 16.1. The molecule has 1 N–H and O–H groups in total. The summed E-state index contributed by atoms with van der Waals surface area (Å²) in [5.41, 5.74) is 0.644. The molecule has 2 aromatic rings. The highest BCUT2D eigenvalue weighted by Gasteiger charge is 2.32. The molecule has 3 rings (SSSR count). The van der Waals surface area contributed by atoms with Crippen LogP contribution in [0.2, 0.25) is 0 Å². The van der Waals surface area contributed by atoms with Crippen molar-refractivity contribution < 1.29 is 9.18 Å². The Kier molecular flexibility index (Phi) is 6.38. The predicted octanol–water partition coefficient (Wildman–Crippen LogP) is 4.15. The van der Waals surface area contributed by atoms with E-state index in [-0.39, 0.29) is 23.8 Å². The second-order valence-electron chi connectivity index (χ2n) is 7.28. The van der Waals surface area contributed by atoms with Gasteiger partial charge in [-0.1, -0.05) is 32.0 Å². The van der Waals surface area contributed by atoms with Crippen molar-refractivity contribution in [3.05, 3.63) is 52.2 Å². The van der Waals surface area contributed by atoms with E-state index in [4.69, 9.17) is 0 Å². The fourth-order valence-corrected chi connectivity index (χ4v) is 4.23. The van der Waals surface area contributed by atoms with E-state index in [0.29, 0.717) is 18.0 Å². The van der Waals surface area contributed by atoms with E-state index in [1.54, 1.807) is 29.7 Å². The van der Waals surface area contributed by atoms with Gasteiger partial charge in [0.2, 0.25) is 5.91 Å². The number of nitrogens with zero attached hydrogens (tertiary/aromatic N) is 2. The molecule has 2 atom stereocenters. The number of nitrogens with one attached hydrogen (secondary N) is 1. The van der Waals surface area contributed by atoms with Crippen LogP contribution in [0.4, 0.5) is 4.39 Å². The van der Waals surface area contributed by atoms with E-state index in [0.717, 1.165) is 30.8 Å². The molecule has 26 heavy (non-hydrogen) atoms. The fourth-order valence-electron chi connectivity index (χ4n) is 3.53. The van der Waals surface area contributed by atoms with Crippen molar-refractivity contribution in [2.24, 2.45) is 5.92 Å². The lowest BCUT2D eigenvalue weighted by Crippen LogP contribution is -2.44. The van der Waals surface area contributed by atoms with Crippen LogP contribution in [0.25, 0.3) is 0 Å². The Morgan fingerprint density at radius 3 is 2.92 bits per heavy atom. The molecule has 0 spiro atoms. The Morgan fingerprint density at radius 1 is 1.42 bits per heavy atom. The minimum absolute atomic E-state index is 0.0275. The zero-order chi connectivity index (χ0) is 18.5. The first kappa shape index (κ1) is 19.0. The van der Waals surface area contributed by atoms with Gasteiger partial charge in [-0.05, 0) is 37.8 Å². The summed E-state index contributed by atoms with van der Waals surface area (Å²) >= 11 is 1.57. The van der Waals surface area contributed by atoms with Gasteiger partial charge in [0.1, 0.15) is 10.8 Å². The number of likely N-dealkylation sites (tertiary alicyclic amines) is 1. The van der Waals surface area contributed by atoms with Crippen LogP contribution in [0, 0.1) is 11.7 Å². The number of amides is 1. The van der Waals surface area contributed by atoms with E-state index in [1.165, 1.54) is 6.07 Å². The van der Waals surface area contributed by atoms with Gasteiger partial charge in [-0.25, -0.2) is 9.37 Å². The van der Waals surface area contributed by atoms with Crippen molar-refractivity contribution in [3.63, 3.8) is 0 Å². The molecule has 0 aliphatic carbocycles. The summed E-state index contributed by atoms with van der Waals surface area (Å²) < 4.78 is 14.0. The molecule has 2 unspecified atom stereocenters. The summed E-state index contributed by atoms with van der Waals surface area (Å²) in [6, 6.07) is 6.53. The van der Waals surface area contributed by atoms with Crippen molar-refractivity contribution >= 4 is 17.2 Å². The highest BCUT2D eigenvalue weighted by Crippen LogP contribution is 2.26. The number of rotatable bonds is 7. The number of aromatic nitrogens is 1. The Bertz CT molecular complexity index is 720. The highest BCUT2D eigenvalue weighted by molar-refractivity contribution is 7.09. The maximum absolute atomic E-state index is 14.0. The van der Waals surface area contributed by atoms with Gasteiger partial charge in [-0.2, -0.15) is 0 Å². The molecule has 6 heteroatoms. The zero-order valence-electron chi connectivity index (χ0n) is 15.3. The number of hydrogen-bond donors (Lipinski definition) is 1. The quantitative estimate of drug-likeness (QED) is 0.791. The topological polar surface area (TPSA) is 45.2 Å². The smallest absolute Gasteiger partial charge is 0.237 e. The first-order chi connectivity index (χ1) is 12.5. The molecule has 0 bridgehead atoms. The third kappa shape index (κ3) is 4.68. The van der Waals surface area contributed by atoms with Gasteiger partial charge >= 0.3 is 0 Å². The molecular formula is C20H26FN3OS. The van der Waals surface area contributed by atoms with Crippen LogP contribution in [0.3, 0.4) is 0 Å². The van der Waals surface area contributed by atoms with Crippen LogP contribution in [-0.4, -0.2) is 28.4 Å². The first-order valence-electron chi connectivity index (χ1n) is 9.22. The largest absolute Gasteiger partial charge is 0.345 e. The Hall–Kier alpha value is -1.79. The third-order valence-electron chi connectivity index (χ3n) is 4.77. The molecule has 2 heterocycles. The fraction of sp³-hybridized carbons (Fsp3) is 0.500. The molecule has 140 valence electrons. The SMILES string of the molecule is CC(C)CC(NC(=O)C1CCCN1Cc1ccccc1F)c1nccs1. The van der Waals surface area contributed by atoms with Gasteiger partial charge in [0.05, 0.1) is 12.1 Å². The van der Waals surface area contributed by atoms with Gasteiger partial charge in [-0.3, -0.25) is 9.69 Å². The molecule has 1 aliphatic rings. The minimum atomic E-state index is -0.209. The number of benzene rings is 1. The summed E-state index contributed by atoms with van der Waals surface area (Å²) in [5.74, 6) is 0.279. The number of carbonyl (C=O) groups excluding carboxylic acids is 1. The average molecular weight is 376 g/mol. The van der Waals surface area contributed by atoms with Gasteiger partial charge in [0, 0.05) is 23.7 Å². The van der Waals surface area contributed by atoms with E-state index < -0.39 is 0 Å². The molecule has 1 fully saturated rings. The van der Waals surface area contributed by atoms with Crippen molar-refractivity contribution in [1.82, 2.24) is 15.2 Å². The second-order valence-corrected chi connectivity index (χ2v) is 8.21. The third-order valence-corrected chi connectivity index (χ3v) is 5.66. The Balaban J connectivity index is 1.68. The predicted molar refractivity (Wildman–Crippen MR) is 102 cm³/mol. The summed E-state index contributed by atoms with van der Waals surface area (Å²) in [6.45, 7) is 5.58. The minimum Gasteiger partial charge on any atom is -0.345 e. The number of halogens is 1. The van der Waals surface area contributed by atoms with Crippen LogP contribution in [0.15, 0.2) is 35.8 Å². The summed E-state index contributed by atoms with van der Waals surface area (Å²) in [6.07, 6.45) is 4.41. The van der Waals surface area contributed by atoms with E-state index in [1.807, 2.05) is 11.4 Å². The molecule has 1 amide bonds. The molecule has 0 radical (unpaired) electrons. The molecule has 4 nitrogen and oxygen atoms in total. The van der Waals surface area contributed by atoms with E-state index in [2.05, 4.69) is 29.0 Å². The molecule has 1 saturated heterocycles. The first-order valence-corrected chi connectivity index (χ1v) is 10.1. The van der Waals surface area contributed by atoms with E-state index in [9.17, 15) is 9.18 Å². The molecular weight excluding hydrogens is 349 g/mol. The lowest BCUT2D eigenvalue weighted by Gasteiger charge is -2.26. The van der Waals surface area contributed by atoms with Crippen molar-refractivity contribution in [3.8, 4) is 0 Å². The van der Waals surface area contributed by atoms with Crippen LogP contribution in [0.5, 0.6) is 0 Å². The maximum atomic E-state index is 14.0. The number of thiazole rings is 1. The van der Waals surface area contributed by atoms with Gasteiger partial charge in [0.15, 0.2) is 0 Å². The standard InChI is InChI=1S/C20H26FN3OS/c1-14(2)12-17(20-22-9-11-26-20)23-19(25)18-8-5-10-24(18)13-15-6-3-4-7-16(15)21/h3-4,6-7,9,11,14,17-18H,5,8,10,12-13H2,1-2H3,(H,23,25). The molecule has 1 aromatic carbocycles. The average Bonchev–Trinajstić information content (AvgIpc) is 3.27. The lowest BCUT2D eigenvalue weighted by atomic mass is 10.0. The van der Waals surface area contributed by atoms with Crippen LogP contribution in [-0.2, 0) is 11.3 Å². The van der Waals surface area contributed by atoms with Gasteiger partial charge in [0.25, 0.3) is 0 Å². The summed E-state index contributed by atoms with van der Waals surface area (Å²) in [4.78, 5) is 19.4. The Morgan fingerprint density at radius 2 is 2.23 bits per heavy atom. The summed E-state index contributed by atoms with van der Waals surface area (Å²) in [5, 5.41) is 6.09. The molecule has 1 aliphatic heterocycles. The van der Waals surface area contributed by atoms with Crippen LogP contribution in [0.1, 0.15) is 49.7 Å². The lowest BCUT2D eigenvalue weighted by molar-refractivity contribution is -0.126. The Labute approximate surface area is 158 Å². The number of carbonyl (C=O) groups is 1. The van der Waals surface area contributed by atoms with Gasteiger partial charge < -0.3 is 5.32 Å². The van der Waals surface area contributed by atoms with Crippen molar-refractivity contribution in [1.29, 1.82) is 0 Å². The molecule has 0 saturated carbocycles. The van der Waals surface area contributed by atoms with Crippen molar-refractivity contribution in [2.75, 3.05) is 6.54 Å².